The highest BCUT2D eigenvalue weighted by atomic mass is 79.9. The fraction of sp³-hybridized carbons (Fsp3) is 0.0714. The molecule has 0 radical (unpaired) electrons. The molecule has 0 aromatic heterocycles. The number of amides is 1. The first kappa shape index (κ1) is 14.3. The number of nitrogen functional groups attached to an aromatic ring is 1. The number of nitrogens with two attached hydrogens (primary N) is 1. The molecule has 0 spiro atoms. The van der Waals surface area contributed by atoms with Crippen LogP contribution in [-0.4, -0.2) is 13.0 Å². The van der Waals surface area contributed by atoms with E-state index in [4.69, 9.17) is 10.5 Å². The van der Waals surface area contributed by atoms with Crippen LogP contribution in [0.2, 0.25) is 0 Å². The van der Waals surface area contributed by atoms with Gasteiger partial charge in [-0.15, -0.1) is 0 Å². The lowest BCUT2D eigenvalue weighted by Gasteiger charge is -2.09. The highest BCUT2D eigenvalue weighted by Gasteiger charge is 2.11. The Morgan fingerprint density at radius 2 is 2.05 bits per heavy atom. The van der Waals surface area contributed by atoms with Crippen molar-refractivity contribution in [1.29, 1.82) is 0 Å². The van der Waals surface area contributed by atoms with Crippen LogP contribution in [0.25, 0.3) is 0 Å². The summed E-state index contributed by atoms with van der Waals surface area (Å²) in [4.78, 5) is 12.1. The summed E-state index contributed by atoms with van der Waals surface area (Å²) in [5, 5.41) is 2.61. The number of carbonyl (C=O) groups excluding carboxylic acids is 1. The van der Waals surface area contributed by atoms with Gasteiger partial charge < -0.3 is 15.8 Å². The Hall–Kier alpha value is -2.08. The standard InChI is InChI=1S/C14H12BrFN2O2/c1-20-13-5-2-8(6-11(13)17)14(19)18-12-7-9(16)3-4-10(12)15/h2-7H,17H2,1H3,(H,18,19). The summed E-state index contributed by atoms with van der Waals surface area (Å²) in [6.45, 7) is 0. The van der Waals surface area contributed by atoms with Gasteiger partial charge >= 0.3 is 0 Å². The summed E-state index contributed by atoms with van der Waals surface area (Å²) in [6.07, 6.45) is 0. The van der Waals surface area contributed by atoms with Crippen LogP contribution in [0.15, 0.2) is 40.9 Å². The predicted molar refractivity (Wildman–Crippen MR) is 79.5 cm³/mol. The molecule has 0 saturated carbocycles. The van der Waals surface area contributed by atoms with Gasteiger partial charge in [0.2, 0.25) is 0 Å². The quantitative estimate of drug-likeness (QED) is 0.842. The maximum Gasteiger partial charge on any atom is 0.255 e. The molecule has 0 bridgehead atoms. The van der Waals surface area contributed by atoms with E-state index in [1.165, 1.54) is 31.4 Å². The van der Waals surface area contributed by atoms with E-state index < -0.39 is 5.82 Å². The van der Waals surface area contributed by atoms with Gasteiger partial charge in [0.1, 0.15) is 11.6 Å². The molecule has 4 nitrogen and oxygen atoms in total. The van der Waals surface area contributed by atoms with E-state index in [2.05, 4.69) is 21.2 Å². The second-order valence-electron chi connectivity index (χ2n) is 4.04. The van der Waals surface area contributed by atoms with Crippen molar-refractivity contribution in [2.24, 2.45) is 0 Å². The molecular formula is C14H12BrFN2O2. The molecule has 6 heteroatoms. The Bertz CT molecular complexity index is 662. The highest BCUT2D eigenvalue weighted by molar-refractivity contribution is 9.10. The largest absolute Gasteiger partial charge is 0.495 e. The number of ether oxygens (including phenoxy) is 1. The summed E-state index contributed by atoms with van der Waals surface area (Å²) in [5.41, 5.74) is 6.81. The molecule has 20 heavy (non-hydrogen) atoms. The van der Waals surface area contributed by atoms with Gasteiger partial charge in [0.05, 0.1) is 18.5 Å². The van der Waals surface area contributed by atoms with Crippen molar-refractivity contribution in [3.63, 3.8) is 0 Å². The smallest absolute Gasteiger partial charge is 0.255 e. The van der Waals surface area contributed by atoms with Crippen LogP contribution < -0.4 is 15.8 Å². The number of hydrogen-bond donors (Lipinski definition) is 2. The summed E-state index contributed by atoms with van der Waals surface area (Å²) >= 11 is 3.24. The van der Waals surface area contributed by atoms with Crippen LogP contribution in [-0.2, 0) is 0 Å². The summed E-state index contributed by atoms with van der Waals surface area (Å²) in [5.74, 6) is -0.322. The first-order valence-electron chi connectivity index (χ1n) is 5.71. The predicted octanol–water partition coefficient (Wildman–Crippen LogP) is 3.43. The monoisotopic (exact) mass is 338 g/mol. The Balaban J connectivity index is 2.24. The van der Waals surface area contributed by atoms with E-state index in [9.17, 15) is 9.18 Å². The van der Waals surface area contributed by atoms with E-state index in [0.29, 0.717) is 27.2 Å². The zero-order valence-electron chi connectivity index (χ0n) is 10.6. The van der Waals surface area contributed by atoms with E-state index in [0.717, 1.165) is 0 Å². The molecule has 0 aliphatic heterocycles. The molecule has 0 unspecified atom stereocenters. The molecule has 0 saturated heterocycles. The minimum atomic E-state index is -0.433. The Labute approximate surface area is 123 Å². The van der Waals surface area contributed by atoms with E-state index in [1.54, 1.807) is 12.1 Å². The molecule has 1 amide bonds. The van der Waals surface area contributed by atoms with Gasteiger partial charge in [-0.2, -0.15) is 0 Å². The van der Waals surface area contributed by atoms with Crippen molar-refractivity contribution < 1.29 is 13.9 Å². The van der Waals surface area contributed by atoms with Gasteiger partial charge in [-0.1, -0.05) is 0 Å². The van der Waals surface area contributed by atoms with Crippen LogP contribution in [0, 0.1) is 5.82 Å². The highest BCUT2D eigenvalue weighted by Crippen LogP contribution is 2.25. The third kappa shape index (κ3) is 3.08. The molecule has 0 atom stereocenters. The number of benzene rings is 2. The van der Waals surface area contributed by atoms with Gasteiger partial charge in [0.15, 0.2) is 0 Å². The molecule has 0 aliphatic carbocycles. The molecule has 2 aromatic rings. The molecule has 0 aliphatic rings. The lowest BCUT2D eigenvalue weighted by Crippen LogP contribution is -2.13. The van der Waals surface area contributed by atoms with Crippen LogP contribution in [0.5, 0.6) is 5.75 Å². The number of hydrogen-bond acceptors (Lipinski definition) is 3. The average molecular weight is 339 g/mol. The molecule has 2 rings (SSSR count). The second kappa shape index (κ2) is 5.92. The van der Waals surface area contributed by atoms with Gasteiger partial charge in [-0.05, 0) is 52.3 Å². The third-order valence-electron chi connectivity index (χ3n) is 2.67. The maximum absolute atomic E-state index is 13.2. The minimum absolute atomic E-state index is 0.351. The Kier molecular flexibility index (Phi) is 4.24. The number of halogens is 2. The van der Waals surface area contributed by atoms with Crippen molar-refractivity contribution in [3.05, 3.63) is 52.3 Å². The van der Waals surface area contributed by atoms with E-state index in [1.807, 2.05) is 0 Å². The second-order valence-corrected chi connectivity index (χ2v) is 4.89. The van der Waals surface area contributed by atoms with Crippen LogP contribution >= 0.6 is 15.9 Å². The lowest BCUT2D eigenvalue weighted by atomic mass is 10.1. The number of methoxy groups -OCH3 is 1. The van der Waals surface area contributed by atoms with Crippen LogP contribution in [0.3, 0.4) is 0 Å². The SMILES string of the molecule is COc1ccc(C(=O)Nc2cc(F)ccc2Br)cc1N. The fourth-order valence-electron chi connectivity index (χ4n) is 1.66. The fourth-order valence-corrected chi connectivity index (χ4v) is 2.01. The van der Waals surface area contributed by atoms with Crippen molar-refractivity contribution in [2.45, 2.75) is 0 Å². The lowest BCUT2D eigenvalue weighted by molar-refractivity contribution is 0.102. The maximum atomic E-state index is 13.2. The van der Waals surface area contributed by atoms with Crippen molar-refractivity contribution in [3.8, 4) is 5.75 Å². The number of carbonyl (C=O) groups is 1. The number of rotatable bonds is 3. The minimum Gasteiger partial charge on any atom is -0.495 e. The van der Waals surface area contributed by atoms with E-state index in [-0.39, 0.29) is 5.91 Å². The Morgan fingerprint density at radius 3 is 2.70 bits per heavy atom. The topological polar surface area (TPSA) is 64.3 Å². The normalized spacial score (nSPS) is 10.2. The average Bonchev–Trinajstić information content (AvgIpc) is 2.42. The number of nitrogens with one attached hydrogen (secondary N) is 1. The summed E-state index contributed by atoms with van der Waals surface area (Å²) < 4.78 is 18.8. The molecular weight excluding hydrogens is 327 g/mol. The molecule has 0 fully saturated rings. The van der Waals surface area contributed by atoms with Gasteiger partial charge in [-0.25, -0.2) is 4.39 Å². The van der Waals surface area contributed by atoms with Crippen molar-refractivity contribution in [1.82, 2.24) is 0 Å². The first-order valence-corrected chi connectivity index (χ1v) is 6.50. The summed E-state index contributed by atoms with van der Waals surface area (Å²) in [7, 11) is 1.50. The zero-order chi connectivity index (χ0) is 14.7. The molecule has 104 valence electrons. The number of anilines is 2. The van der Waals surface area contributed by atoms with Crippen molar-refractivity contribution in [2.75, 3.05) is 18.2 Å². The van der Waals surface area contributed by atoms with Crippen LogP contribution in [0.4, 0.5) is 15.8 Å². The molecule has 2 aromatic carbocycles. The molecule has 3 N–H and O–H groups in total. The van der Waals surface area contributed by atoms with Gasteiger partial charge in [-0.3, -0.25) is 4.79 Å². The Morgan fingerprint density at radius 1 is 1.30 bits per heavy atom. The van der Waals surface area contributed by atoms with E-state index >= 15 is 0 Å². The summed E-state index contributed by atoms with van der Waals surface area (Å²) in [6, 6.07) is 8.73. The first-order chi connectivity index (χ1) is 9.51. The van der Waals surface area contributed by atoms with Crippen molar-refractivity contribution >= 4 is 33.2 Å². The zero-order valence-corrected chi connectivity index (χ0v) is 12.2. The van der Waals surface area contributed by atoms with Gasteiger partial charge in [0, 0.05) is 10.0 Å². The van der Waals surface area contributed by atoms with Gasteiger partial charge in [0.25, 0.3) is 5.91 Å². The van der Waals surface area contributed by atoms with Crippen LogP contribution in [0.1, 0.15) is 10.4 Å². The third-order valence-corrected chi connectivity index (χ3v) is 3.36. The molecule has 0 heterocycles.